The van der Waals surface area contributed by atoms with Crippen LogP contribution in [0.3, 0.4) is 0 Å². The molecule has 0 aliphatic carbocycles. The van der Waals surface area contributed by atoms with E-state index in [-0.39, 0.29) is 23.3 Å². The molecular weight excluding hydrogens is 226 g/mol. The van der Waals surface area contributed by atoms with Gasteiger partial charge >= 0.3 is 0 Å². The maximum Gasteiger partial charge on any atom is 0.262 e. The Labute approximate surface area is 80.2 Å². The highest BCUT2D eigenvalue weighted by molar-refractivity contribution is 4.72. The molecule has 68 valence electrons. The van der Waals surface area contributed by atoms with Crippen molar-refractivity contribution in [1.29, 1.82) is 0 Å². The third-order valence-electron chi connectivity index (χ3n) is 1.56. The average Bonchev–Trinajstić information content (AvgIpc) is 2.60. The lowest BCUT2D eigenvalue weighted by Gasteiger charge is -2.02. The lowest BCUT2D eigenvalue weighted by molar-refractivity contribution is -0.392. The third kappa shape index (κ3) is 2.26. The number of hydrogen-bond acceptors (Lipinski definition) is 3. The molecule has 0 spiro atoms. The Kier molecular flexibility index (Phi) is 3.64. The topological polar surface area (TPSA) is 61.3 Å². The van der Waals surface area contributed by atoms with Crippen molar-refractivity contribution >= 4 is 0 Å². The number of aromatic nitrogens is 3. The van der Waals surface area contributed by atoms with Crippen LogP contribution >= 0.6 is 0 Å². The molecule has 1 saturated heterocycles. The molecule has 0 saturated carbocycles. The summed E-state index contributed by atoms with van der Waals surface area (Å²) in [6.45, 7) is 1.39. The number of rotatable bonds is 2. The van der Waals surface area contributed by atoms with Gasteiger partial charge in [0.05, 0.1) is 19.6 Å². The van der Waals surface area contributed by atoms with Crippen LogP contribution in [0.15, 0.2) is 6.33 Å². The van der Waals surface area contributed by atoms with Crippen molar-refractivity contribution in [3.05, 3.63) is 12.2 Å². The van der Waals surface area contributed by atoms with Gasteiger partial charge in [-0.3, -0.25) is 0 Å². The molecule has 0 unspecified atom stereocenters. The largest absolute Gasteiger partial charge is 1.00 e. The van der Waals surface area contributed by atoms with Gasteiger partial charge < -0.3 is 26.5 Å². The molecule has 1 aliphatic heterocycles. The zero-order valence-electron chi connectivity index (χ0n) is 6.42. The fraction of sp³-hybridized carbons (Fsp3) is 0.667. The Hall–Kier alpha value is -0.460. The second kappa shape index (κ2) is 4.54. The molecule has 1 fully saturated rings. The van der Waals surface area contributed by atoms with Crippen molar-refractivity contribution in [2.45, 2.75) is 12.7 Å². The molecule has 1 aromatic rings. The van der Waals surface area contributed by atoms with Crippen LogP contribution in [-0.2, 0) is 15.9 Å². The van der Waals surface area contributed by atoms with E-state index >= 15 is 0 Å². The van der Waals surface area contributed by atoms with E-state index in [1.807, 2.05) is 0 Å². The van der Waals surface area contributed by atoms with Gasteiger partial charge in [0.15, 0.2) is 6.29 Å². The standard InChI is InChI=1S/C6H9N3O2.BrH/c1-2-11-6(10-1)3-5-7-4-8-9-5;/h4,6H,1-3H2,(H,7,8,9);1H. The van der Waals surface area contributed by atoms with Crippen LogP contribution in [0.2, 0.25) is 0 Å². The summed E-state index contributed by atoms with van der Waals surface area (Å²) in [7, 11) is 0. The number of H-pyrrole nitrogens is 2. The third-order valence-corrected chi connectivity index (χ3v) is 1.56. The van der Waals surface area contributed by atoms with Gasteiger partial charge in [0.2, 0.25) is 5.82 Å². The summed E-state index contributed by atoms with van der Waals surface area (Å²) in [5, 5.41) is 6.57. The van der Waals surface area contributed by atoms with Crippen LogP contribution in [0, 0.1) is 0 Å². The first-order valence-corrected chi connectivity index (χ1v) is 3.58. The highest BCUT2D eigenvalue weighted by atomic mass is 79.9. The number of nitrogens with zero attached hydrogens (tertiary/aromatic N) is 1. The van der Waals surface area contributed by atoms with Gasteiger partial charge in [-0.05, 0) is 0 Å². The van der Waals surface area contributed by atoms with Crippen LogP contribution < -0.4 is 22.0 Å². The molecule has 6 heteroatoms. The van der Waals surface area contributed by atoms with Crippen LogP contribution in [0.4, 0.5) is 0 Å². The number of aromatic amines is 2. The van der Waals surface area contributed by atoms with Crippen molar-refractivity contribution in [3.63, 3.8) is 0 Å². The first-order valence-electron chi connectivity index (χ1n) is 3.58. The lowest BCUT2D eigenvalue weighted by atomic mass is 10.4. The van der Waals surface area contributed by atoms with Crippen molar-refractivity contribution in [1.82, 2.24) is 10.2 Å². The van der Waals surface area contributed by atoms with Crippen molar-refractivity contribution in [2.24, 2.45) is 0 Å². The molecule has 12 heavy (non-hydrogen) atoms. The smallest absolute Gasteiger partial charge is 0.262 e. The molecule has 1 aromatic heterocycles. The second-order valence-corrected chi connectivity index (χ2v) is 2.37. The van der Waals surface area contributed by atoms with E-state index in [0.717, 1.165) is 5.82 Å². The van der Waals surface area contributed by atoms with E-state index in [4.69, 9.17) is 9.47 Å². The van der Waals surface area contributed by atoms with Gasteiger partial charge in [-0.2, -0.15) is 0 Å². The van der Waals surface area contributed by atoms with Crippen molar-refractivity contribution in [3.8, 4) is 0 Å². The molecule has 2 rings (SSSR count). The summed E-state index contributed by atoms with van der Waals surface area (Å²) in [6.07, 6.45) is 2.20. The molecule has 5 nitrogen and oxygen atoms in total. The van der Waals surface area contributed by atoms with Crippen LogP contribution in [-0.4, -0.2) is 29.7 Å². The molecule has 0 aromatic carbocycles. The summed E-state index contributed by atoms with van der Waals surface area (Å²) in [6, 6.07) is 0. The Morgan fingerprint density at radius 2 is 2.33 bits per heavy atom. The Balaban J connectivity index is 0.000000720. The average molecular weight is 236 g/mol. The maximum atomic E-state index is 5.24. The summed E-state index contributed by atoms with van der Waals surface area (Å²) >= 11 is 0. The summed E-state index contributed by atoms with van der Waals surface area (Å²) in [5.41, 5.74) is 0. The molecule has 0 radical (unpaired) electrons. The Morgan fingerprint density at radius 3 is 2.92 bits per heavy atom. The van der Waals surface area contributed by atoms with Gasteiger partial charge in [-0.15, -0.1) is 5.10 Å². The zero-order valence-corrected chi connectivity index (χ0v) is 8.00. The van der Waals surface area contributed by atoms with Gasteiger partial charge in [0.25, 0.3) is 6.33 Å². The molecular formula is C6H10BrN3O2. The van der Waals surface area contributed by atoms with Gasteiger partial charge in [-0.25, -0.2) is 4.98 Å². The van der Waals surface area contributed by atoms with E-state index in [1.165, 1.54) is 0 Å². The molecule has 0 atom stereocenters. The van der Waals surface area contributed by atoms with E-state index in [2.05, 4.69) is 15.2 Å². The first kappa shape index (κ1) is 9.63. The van der Waals surface area contributed by atoms with Gasteiger partial charge in [0, 0.05) is 5.10 Å². The van der Waals surface area contributed by atoms with Crippen LogP contribution in [0.5, 0.6) is 0 Å². The first-order chi connectivity index (χ1) is 5.45. The Bertz CT molecular complexity index is 211. The normalized spacial score (nSPS) is 17.7. The molecule has 0 amide bonds. The molecule has 2 heterocycles. The monoisotopic (exact) mass is 235 g/mol. The van der Waals surface area contributed by atoms with Crippen molar-refractivity contribution in [2.75, 3.05) is 13.2 Å². The van der Waals surface area contributed by atoms with Gasteiger partial charge in [0.1, 0.15) is 0 Å². The minimum atomic E-state index is -0.105. The SMILES string of the molecule is [Br-].c1n[nH]c(CC2OCCO2)[nH+]1. The lowest BCUT2D eigenvalue weighted by Crippen LogP contribution is -3.00. The molecule has 1 aliphatic rings. The molecule has 2 N–H and O–H groups in total. The number of ether oxygens (including phenoxy) is 2. The van der Waals surface area contributed by atoms with E-state index in [9.17, 15) is 0 Å². The number of nitrogens with one attached hydrogen (secondary N) is 2. The number of hydrogen-bond donors (Lipinski definition) is 1. The quantitative estimate of drug-likeness (QED) is 0.571. The van der Waals surface area contributed by atoms with Crippen LogP contribution in [0.1, 0.15) is 5.82 Å². The summed E-state index contributed by atoms with van der Waals surface area (Å²) in [5.74, 6) is 0.928. The van der Waals surface area contributed by atoms with Gasteiger partial charge in [-0.1, -0.05) is 0 Å². The minimum absolute atomic E-state index is 0. The van der Waals surface area contributed by atoms with E-state index in [1.54, 1.807) is 6.33 Å². The predicted octanol–water partition coefficient (Wildman–Crippen LogP) is -3.86. The fourth-order valence-corrected chi connectivity index (χ4v) is 1.05. The zero-order chi connectivity index (χ0) is 7.52. The molecule has 0 bridgehead atoms. The minimum Gasteiger partial charge on any atom is -1.00 e. The van der Waals surface area contributed by atoms with E-state index in [0.29, 0.717) is 19.6 Å². The fourth-order valence-electron chi connectivity index (χ4n) is 1.05. The van der Waals surface area contributed by atoms with Crippen LogP contribution in [0.25, 0.3) is 0 Å². The van der Waals surface area contributed by atoms with E-state index < -0.39 is 0 Å². The Morgan fingerprint density at radius 1 is 1.58 bits per heavy atom. The van der Waals surface area contributed by atoms with Crippen molar-refractivity contribution < 1.29 is 31.4 Å². The summed E-state index contributed by atoms with van der Waals surface area (Å²) < 4.78 is 10.5. The highest BCUT2D eigenvalue weighted by Gasteiger charge is 2.19. The highest BCUT2D eigenvalue weighted by Crippen LogP contribution is 2.06. The second-order valence-electron chi connectivity index (χ2n) is 2.37. The number of halogens is 1. The summed E-state index contributed by atoms with van der Waals surface area (Å²) in [4.78, 5) is 2.94. The maximum absolute atomic E-state index is 5.24. The predicted molar refractivity (Wildman–Crippen MR) is 34.5 cm³/mol.